The average molecular weight is 282 g/mol. The molecule has 0 unspecified atom stereocenters. The third kappa shape index (κ3) is 3.46. The van der Waals surface area contributed by atoms with Gasteiger partial charge in [0.2, 0.25) is 0 Å². The van der Waals surface area contributed by atoms with E-state index in [4.69, 9.17) is 0 Å². The minimum atomic E-state index is 0.808. The van der Waals surface area contributed by atoms with Crippen LogP contribution in [0.2, 0.25) is 0 Å². The summed E-state index contributed by atoms with van der Waals surface area (Å²) in [5, 5.41) is 0. The molecule has 1 heteroatoms. The molecule has 0 saturated heterocycles. The van der Waals surface area contributed by atoms with Gasteiger partial charge in [0.25, 0.3) is 0 Å². The van der Waals surface area contributed by atoms with Gasteiger partial charge in [-0.15, -0.1) is 0 Å². The molecule has 0 N–H and O–H groups in total. The first kappa shape index (κ1) is 13.8. The van der Waals surface area contributed by atoms with Crippen LogP contribution in [0.5, 0.6) is 0 Å². The van der Waals surface area contributed by atoms with E-state index in [1.807, 2.05) is 11.8 Å². The standard InChI is InChI=1S/C19H22S/c1-15-7-11-18(12-8-15)20-19-13-9-17(10-14-19)16-5-3-2-4-6-16/h7-14,16H,2-6H2,1H3. The van der Waals surface area contributed by atoms with E-state index in [1.165, 1.54) is 53.0 Å². The van der Waals surface area contributed by atoms with Gasteiger partial charge in [0.15, 0.2) is 0 Å². The van der Waals surface area contributed by atoms with Gasteiger partial charge in [-0.25, -0.2) is 0 Å². The molecule has 2 aromatic carbocycles. The third-order valence-electron chi connectivity index (χ3n) is 4.21. The lowest BCUT2D eigenvalue weighted by atomic mass is 9.84. The maximum absolute atomic E-state index is 2.34. The van der Waals surface area contributed by atoms with Crippen molar-refractivity contribution in [2.45, 2.75) is 54.7 Å². The zero-order chi connectivity index (χ0) is 13.8. The van der Waals surface area contributed by atoms with Crippen LogP contribution in [-0.2, 0) is 0 Å². The molecule has 2 aromatic rings. The molecule has 0 nitrogen and oxygen atoms in total. The molecule has 0 atom stereocenters. The minimum Gasteiger partial charge on any atom is -0.0901 e. The Bertz CT molecular complexity index is 533. The summed E-state index contributed by atoms with van der Waals surface area (Å²) in [6.45, 7) is 2.13. The monoisotopic (exact) mass is 282 g/mol. The number of benzene rings is 2. The first-order valence-electron chi connectivity index (χ1n) is 7.66. The van der Waals surface area contributed by atoms with E-state index in [2.05, 4.69) is 55.5 Å². The number of aryl methyl sites for hydroxylation is 1. The van der Waals surface area contributed by atoms with E-state index in [0.717, 1.165) is 5.92 Å². The van der Waals surface area contributed by atoms with Crippen LogP contribution in [0.4, 0.5) is 0 Å². The number of hydrogen-bond donors (Lipinski definition) is 0. The van der Waals surface area contributed by atoms with Gasteiger partial charge < -0.3 is 0 Å². The summed E-state index contributed by atoms with van der Waals surface area (Å²) in [4.78, 5) is 2.66. The van der Waals surface area contributed by atoms with E-state index >= 15 is 0 Å². The van der Waals surface area contributed by atoms with Gasteiger partial charge in [-0.05, 0) is 55.5 Å². The van der Waals surface area contributed by atoms with Gasteiger partial charge in [0.1, 0.15) is 0 Å². The van der Waals surface area contributed by atoms with Crippen LogP contribution in [-0.4, -0.2) is 0 Å². The van der Waals surface area contributed by atoms with Crippen molar-refractivity contribution < 1.29 is 0 Å². The van der Waals surface area contributed by atoms with Crippen molar-refractivity contribution in [3.63, 3.8) is 0 Å². The minimum absolute atomic E-state index is 0.808. The van der Waals surface area contributed by atoms with Gasteiger partial charge in [-0.3, -0.25) is 0 Å². The molecule has 20 heavy (non-hydrogen) atoms. The zero-order valence-electron chi connectivity index (χ0n) is 12.1. The SMILES string of the molecule is Cc1ccc(Sc2ccc(C3CCCCC3)cc2)cc1. The Kier molecular flexibility index (Phi) is 4.47. The van der Waals surface area contributed by atoms with Gasteiger partial charge in [-0.2, -0.15) is 0 Å². The molecule has 0 radical (unpaired) electrons. The summed E-state index contributed by atoms with van der Waals surface area (Å²) in [5.41, 5.74) is 2.86. The molecule has 0 aromatic heterocycles. The normalized spacial score (nSPS) is 16.2. The Balaban J connectivity index is 1.67. The average Bonchev–Trinajstić information content (AvgIpc) is 2.51. The molecule has 0 aliphatic heterocycles. The fourth-order valence-corrected chi connectivity index (χ4v) is 3.80. The Hall–Kier alpha value is -1.21. The van der Waals surface area contributed by atoms with Crippen molar-refractivity contribution in [2.75, 3.05) is 0 Å². The predicted octanol–water partition coefficient (Wildman–Crippen LogP) is 6.19. The van der Waals surface area contributed by atoms with Gasteiger partial charge in [-0.1, -0.05) is 60.9 Å². The highest BCUT2D eigenvalue weighted by molar-refractivity contribution is 7.99. The molecule has 0 heterocycles. The van der Waals surface area contributed by atoms with E-state index in [-0.39, 0.29) is 0 Å². The fraction of sp³-hybridized carbons (Fsp3) is 0.368. The number of hydrogen-bond acceptors (Lipinski definition) is 1. The highest BCUT2D eigenvalue weighted by Gasteiger charge is 2.15. The Labute approximate surface area is 126 Å². The lowest BCUT2D eigenvalue weighted by molar-refractivity contribution is 0.443. The molecule has 1 saturated carbocycles. The van der Waals surface area contributed by atoms with Crippen LogP contribution >= 0.6 is 11.8 Å². The van der Waals surface area contributed by atoms with Gasteiger partial charge >= 0.3 is 0 Å². The van der Waals surface area contributed by atoms with Crippen molar-refractivity contribution in [1.29, 1.82) is 0 Å². The van der Waals surface area contributed by atoms with Crippen molar-refractivity contribution in [1.82, 2.24) is 0 Å². The predicted molar refractivity (Wildman–Crippen MR) is 87.6 cm³/mol. The summed E-state index contributed by atoms with van der Waals surface area (Å²) in [6, 6.07) is 18.0. The molecule has 3 rings (SSSR count). The van der Waals surface area contributed by atoms with Crippen molar-refractivity contribution in [2.24, 2.45) is 0 Å². The van der Waals surface area contributed by atoms with Crippen molar-refractivity contribution in [3.05, 3.63) is 59.7 Å². The van der Waals surface area contributed by atoms with Crippen LogP contribution in [0.15, 0.2) is 58.3 Å². The molecule has 0 bridgehead atoms. The van der Waals surface area contributed by atoms with Crippen molar-refractivity contribution >= 4 is 11.8 Å². The summed E-state index contributed by atoms with van der Waals surface area (Å²) in [6.07, 6.45) is 7.00. The Morgan fingerprint density at radius 1 is 0.750 bits per heavy atom. The third-order valence-corrected chi connectivity index (χ3v) is 5.23. The molecular formula is C19H22S. The van der Waals surface area contributed by atoms with Crippen LogP contribution < -0.4 is 0 Å². The maximum Gasteiger partial charge on any atom is 0.0122 e. The summed E-state index contributed by atoms with van der Waals surface area (Å²) in [5.74, 6) is 0.808. The second-order valence-electron chi connectivity index (χ2n) is 5.82. The molecular weight excluding hydrogens is 260 g/mol. The fourth-order valence-electron chi connectivity index (χ4n) is 2.99. The summed E-state index contributed by atoms with van der Waals surface area (Å²) >= 11 is 1.85. The summed E-state index contributed by atoms with van der Waals surface area (Å²) in [7, 11) is 0. The van der Waals surface area contributed by atoms with Crippen LogP contribution in [0, 0.1) is 6.92 Å². The van der Waals surface area contributed by atoms with Gasteiger partial charge in [0, 0.05) is 9.79 Å². The first-order valence-corrected chi connectivity index (χ1v) is 8.47. The number of rotatable bonds is 3. The van der Waals surface area contributed by atoms with Crippen molar-refractivity contribution in [3.8, 4) is 0 Å². The molecule has 1 aliphatic carbocycles. The highest BCUT2D eigenvalue weighted by Crippen LogP contribution is 2.34. The Morgan fingerprint density at radius 2 is 1.30 bits per heavy atom. The van der Waals surface area contributed by atoms with Gasteiger partial charge in [0.05, 0.1) is 0 Å². The van der Waals surface area contributed by atoms with E-state index in [9.17, 15) is 0 Å². The topological polar surface area (TPSA) is 0 Å². The molecule has 1 aliphatic rings. The maximum atomic E-state index is 2.34. The lowest BCUT2D eigenvalue weighted by Crippen LogP contribution is -2.03. The van der Waals surface area contributed by atoms with E-state index in [1.54, 1.807) is 0 Å². The second-order valence-corrected chi connectivity index (χ2v) is 6.97. The smallest absolute Gasteiger partial charge is 0.0122 e. The van der Waals surface area contributed by atoms with Crippen LogP contribution in [0.25, 0.3) is 0 Å². The highest BCUT2D eigenvalue weighted by atomic mass is 32.2. The lowest BCUT2D eigenvalue weighted by Gasteiger charge is -2.22. The first-order chi connectivity index (χ1) is 9.81. The summed E-state index contributed by atoms with van der Waals surface area (Å²) < 4.78 is 0. The second kappa shape index (κ2) is 6.49. The van der Waals surface area contributed by atoms with E-state index < -0.39 is 0 Å². The largest absolute Gasteiger partial charge is 0.0901 e. The zero-order valence-corrected chi connectivity index (χ0v) is 13.0. The molecule has 0 amide bonds. The van der Waals surface area contributed by atoms with E-state index in [0.29, 0.717) is 0 Å². The molecule has 104 valence electrons. The molecule has 0 spiro atoms. The molecule has 1 fully saturated rings. The van der Waals surface area contributed by atoms with Crippen LogP contribution in [0.3, 0.4) is 0 Å². The Morgan fingerprint density at radius 3 is 1.90 bits per heavy atom. The van der Waals surface area contributed by atoms with Crippen LogP contribution in [0.1, 0.15) is 49.1 Å². The quantitative estimate of drug-likeness (QED) is 0.646.